The van der Waals surface area contributed by atoms with E-state index in [1.807, 2.05) is 12.1 Å². The number of hydrazine groups is 1. The summed E-state index contributed by atoms with van der Waals surface area (Å²) in [6.07, 6.45) is 2.73. The van der Waals surface area contributed by atoms with Gasteiger partial charge in [0.2, 0.25) is 11.8 Å². The van der Waals surface area contributed by atoms with Crippen molar-refractivity contribution < 1.29 is 19.2 Å². The maximum Gasteiger partial charge on any atom is 0.271 e. The monoisotopic (exact) mass is 395 g/mol. The van der Waals surface area contributed by atoms with Crippen molar-refractivity contribution in [1.82, 2.24) is 20.3 Å². The minimum absolute atomic E-state index is 0.0850. The second kappa shape index (κ2) is 7.50. The average Bonchev–Trinajstić information content (AvgIpc) is 2.85. The van der Waals surface area contributed by atoms with Gasteiger partial charge in [0.1, 0.15) is 17.8 Å². The minimum Gasteiger partial charge on any atom is -0.368 e. The zero-order chi connectivity index (χ0) is 20.5. The quantitative estimate of drug-likeness (QED) is 0.775. The van der Waals surface area contributed by atoms with Gasteiger partial charge in [-0.15, -0.1) is 0 Å². The molecule has 150 valence electrons. The first kappa shape index (κ1) is 18.9. The van der Waals surface area contributed by atoms with Crippen LogP contribution >= 0.6 is 0 Å². The predicted octanol–water partition coefficient (Wildman–Crippen LogP) is 0.347. The third-order valence-electron chi connectivity index (χ3n) is 5.38. The lowest BCUT2D eigenvalue weighted by Gasteiger charge is -2.42. The molecule has 9 nitrogen and oxygen atoms in total. The highest BCUT2D eigenvalue weighted by Gasteiger charge is 2.44. The molecule has 1 aromatic carbocycles. The van der Waals surface area contributed by atoms with Crippen LogP contribution in [0.4, 0.5) is 0 Å². The van der Waals surface area contributed by atoms with Gasteiger partial charge in [-0.3, -0.25) is 29.2 Å². The number of rotatable bonds is 3. The van der Waals surface area contributed by atoms with Crippen molar-refractivity contribution in [2.75, 3.05) is 6.54 Å². The summed E-state index contributed by atoms with van der Waals surface area (Å²) < 4.78 is 0. The molecule has 4 rings (SSSR count). The van der Waals surface area contributed by atoms with Crippen molar-refractivity contribution in [3.8, 4) is 0 Å². The minimum atomic E-state index is -0.947. The number of pyridine rings is 1. The van der Waals surface area contributed by atoms with E-state index in [2.05, 4.69) is 10.3 Å². The van der Waals surface area contributed by atoms with E-state index >= 15 is 0 Å². The number of carbonyl (C=O) groups is 4. The Hall–Kier alpha value is -3.49. The summed E-state index contributed by atoms with van der Waals surface area (Å²) in [5.41, 5.74) is 5.67. The van der Waals surface area contributed by atoms with Gasteiger partial charge in [0.15, 0.2) is 0 Å². The number of benzene rings is 1. The summed E-state index contributed by atoms with van der Waals surface area (Å²) in [5.74, 6) is -1.94. The molecular weight excluding hydrogens is 374 g/mol. The lowest BCUT2D eigenvalue weighted by Crippen LogP contribution is -2.63. The smallest absolute Gasteiger partial charge is 0.271 e. The van der Waals surface area contributed by atoms with E-state index in [9.17, 15) is 19.2 Å². The van der Waals surface area contributed by atoms with Gasteiger partial charge in [-0.25, -0.2) is 5.01 Å². The largest absolute Gasteiger partial charge is 0.368 e. The average molecular weight is 395 g/mol. The van der Waals surface area contributed by atoms with E-state index in [1.54, 1.807) is 18.2 Å². The second-order valence-electron chi connectivity index (χ2n) is 7.21. The predicted molar refractivity (Wildman–Crippen MR) is 103 cm³/mol. The Morgan fingerprint density at radius 2 is 1.93 bits per heavy atom. The first-order valence-electron chi connectivity index (χ1n) is 9.54. The molecule has 2 aromatic rings. The first-order valence-corrected chi connectivity index (χ1v) is 9.54. The number of nitrogens with two attached hydrogens (primary N) is 1. The summed E-state index contributed by atoms with van der Waals surface area (Å²) >= 11 is 0. The lowest BCUT2D eigenvalue weighted by atomic mass is 10.1. The Labute approximate surface area is 166 Å². The van der Waals surface area contributed by atoms with E-state index in [1.165, 1.54) is 11.2 Å². The fourth-order valence-corrected chi connectivity index (χ4v) is 3.95. The third-order valence-corrected chi connectivity index (χ3v) is 5.38. The molecule has 0 aliphatic carbocycles. The number of primary amides is 1. The zero-order valence-corrected chi connectivity index (χ0v) is 15.7. The molecule has 2 aliphatic heterocycles. The topological polar surface area (TPSA) is 126 Å². The van der Waals surface area contributed by atoms with Gasteiger partial charge in [-0.2, -0.15) is 0 Å². The summed E-state index contributed by atoms with van der Waals surface area (Å²) in [4.78, 5) is 54.6. The number of amides is 4. The molecular formula is C20H21N5O4. The maximum atomic E-state index is 13.2. The molecule has 0 radical (unpaired) electrons. The van der Waals surface area contributed by atoms with Gasteiger partial charge in [-0.1, -0.05) is 24.3 Å². The van der Waals surface area contributed by atoms with E-state index in [4.69, 9.17) is 5.73 Å². The Morgan fingerprint density at radius 1 is 1.14 bits per heavy atom. The molecule has 2 atom stereocenters. The molecule has 2 fully saturated rings. The summed E-state index contributed by atoms with van der Waals surface area (Å²) in [7, 11) is 0. The van der Waals surface area contributed by atoms with Crippen molar-refractivity contribution in [3.05, 3.63) is 42.2 Å². The van der Waals surface area contributed by atoms with Crippen LogP contribution in [0, 0.1) is 0 Å². The number of hydrogen-bond donors (Lipinski definition) is 2. The SMILES string of the molecule is NC(=O)C1CCCN2C(=O)CCC(NC(=O)c3nccc4ccccc34)C(=O)N12. The first-order chi connectivity index (χ1) is 14.0. The van der Waals surface area contributed by atoms with Crippen molar-refractivity contribution >= 4 is 34.4 Å². The van der Waals surface area contributed by atoms with Crippen molar-refractivity contribution in [2.45, 2.75) is 37.8 Å². The van der Waals surface area contributed by atoms with Crippen LogP contribution < -0.4 is 11.1 Å². The molecule has 9 heteroatoms. The van der Waals surface area contributed by atoms with Gasteiger partial charge in [-0.05, 0) is 30.7 Å². The standard InChI is InChI=1S/C20H21N5O4/c21-18(27)15-6-3-11-24-16(26)8-7-14(20(29)25(15)24)23-19(28)17-13-5-2-1-4-12(13)9-10-22-17/h1-2,4-5,9-10,14-15H,3,6-8,11H2,(H2,21,27)(H,23,28). The van der Waals surface area contributed by atoms with Gasteiger partial charge in [0, 0.05) is 24.5 Å². The molecule has 29 heavy (non-hydrogen) atoms. The van der Waals surface area contributed by atoms with Gasteiger partial charge in [0.05, 0.1) is 0 Å². The number of aromatic nitrogens is 1. The van der Waals surface area contributed by atoms with Crippen LogP contribution in [0.15, 0.2) is 36.5 Å². The van der Waals surface area contributed by atoms with Crippen LogP contribution in [0.1, 0.15) is 36.2 Å². The van der Waals surface area contributed by atoms with E-state index in [-0.39, 0.29) is 24.4 Å². The van der Waals surface area contributed by atoms with Gasteiger partial charge >= 0.3 is 0 Å². The fourth-order valence-electron chi connectivity index (χ4n) is 3.95. The molecule has 3 heterocycles. The summed E-state index contributed by atoms with van der Waals surface area (Å²) in [6.45, 7) is 0.347. The lowest BCUT2D eigenvalue weighted by molar-refractivity contribution is -0.175. The molecule has 2 aliphatic rings. The van der Waals surface area contributed by atoms with E-state index in [0.717, 1.165) is 10.4 Å². The molecule has 3 N–H and O–H groups in total. The molecule has 1 aromatic heterocycles. The zero-order valence-electron chi connectivity index (χ0n) is 15.7. The molecule has 0 saturated carbocycles. The highest BCUT2D eigenvalue weighted by atomic mass is 16.2. The van der Waals surface area contributed by atoms with Crippen LogP contribution in [0.2, 0.25) is 0 Å². The molecule has 4 amide bonds. The number of fused-ring (bicyclic) bond motifs is 2. The maximum absolute atomic E-state index is 13.2. The van der Waals surface area contributed by atoms with Crippen molar-refractivity contribution in [1.29, 1.82) is 0 Å². The number of hydrogen-bond acceptors (Lipinski definition) is 5. The fraction of sp³-hybridized carbons (Fsp3) is 0.350. The third kappa shape index (κ3) is 3.39. The molecule has 2 saturated heterocycles. The van der Waals surface area contributed by atoms with Crippen LogP contribution in [0.3, 0.4) is 0 Å². The van der Waals surface area contributed by atoms with Crippen LogP contribution in [0.25, 0.3) is 10.8 Å². The Kier molecular flexibility index (Phi) is 4.87. The van der Waals surface area contributed by atoms with Crippen LogP contribution in [-0.2, 0) is 14.4 Å². The number of nitrogens with zero attached hydrogens (tertiary/aromatic N) is 3. The molecule has 0 spiro atoms. The van der Waals surface area contributed by atoms with E-state index < -0.39 is 29.8 Å². The summed E-state index contributed by atoms with van der Waals surface area (Å²) in [5, 5.41) is 6.66. The highest BCUT2D eigenvalue weighted by molar-refractivity contribution is 6.06. The van der Waals surface area contributed by atoms with E-state index in [0.29, 0.717) is 24.8 Å². The van der Waals surface area contributed by atoms with Crippen molar-refractivity contribution in [2.24, 2.45) is 5.73 Å². The molecule has 2 unspecified atom stereocenters. The number of nitrogens with one attached hydrogen (secondary N) is 1. The Morgan fingerprint density at radius 3 is 2.72 bits per heavy atom. The number of carbonyl (C=O) groups excluding carboxylic acids is 4. The van der Waals surface area contributed by atoms with Gasteiger partial charge in [0.25, 0.3) is 11.8 Å². The van der Waals surface area contributed by atoms with Gasteiger partial charge < -0.3 is 11.1 Å². The molecule has 0 bridgehead atoms. The van der Waals surface area contributed by atoms with Crippen LogP contribution in [0.5, 0.6) is 0 Å². The summed E-state index contributed by atoms with van der Waals surface area (Å²) in [6, 6.07) is 7.27. The van der Waals surface area contributed by atoms with Crippen molar-refractivity contribution in [3.63, 3.8) is 0 Å². The normalized spacial score (nSPS) is 22.2. The van der Waals surface area contributed by atoms with Crippen LogP contribution in [-0.4, -0.2) is 57.3 Å². The highest BCUT2D eigenvalue weighted by Crippen LogP contribution is 2.25. The Balaban J connectivity index is 1.62. The Bertz CT molecular complexity index is 1000. The second-order valence-corrected chi connectivity index (χ2v) is 7.21.